The predicted molar refractivity (Wildman–Crippen MR) is 182 cm³/mol. The molecule has 0 bridgehead atoms. The molecule has 0 aliphatic carbocycles. The molecule has 1 saturated heterocycles. The van der Waals surface area contributed by atoms with Gasteiger partial charge in [0, 0.05) is 32.4 Å². The first-order valence-corrected chi connectivity index (χ1v) is 17.0. The number of aliphatic carboxylic acids is 2. The maximum absolute atomic E-state index is 13.3. The van der Waals surface area contributed by atoms with Crippen LogP contribution in [0, 0.1) is 0 Å². The summed E-state index contributed by atoms with van der Waals surface area (Å²) in [5.74, 6) is -1.93. The minimum absolute atomic E-state index is 0.161. The van der Waals surface area contributed by atoms with Crippen LogP contribution in [0.5, 0.6) is 0 Å². The number of carbonyl (C=O) groups excluding carboxylic acids is 1. The number of fused-ring (bicyclic) bond motifs is 3. The molecule has 2 heterocycles. The largest absolute Gasteiger partial charge is 0.480 e. The molecular formula is C32H29N3O5S4. The van der Waals surface area contributed by atoms with Crippen LogP contribution in [-0.2, 0) is 14.4 Å². The van der Waals surface area contributed by atoms with E-state index in [0.717, 1.165) is 46.6 Å². The molecule has 2 N–H and O–H groups in total. The fourth-order valence-electron chi connectivity index (χ4n) is 4.98. The second kappa shape index (κ2) is 13.9. The van der Waals surface area contributed by atoms with Crippen molar-refractivity contribution in [2.24, 2.45) is 0 Å². The molecule has 2 aliphatic heterocycles. The average Bonchev–Trinajstić information content (AvgIpc) is 3.45. The summed E-state index contributed by atoms with van der Waals surface area (Å²) in [5, 5.41) is 22.1. The minimum atomic E-state index is -1.15. The quantitative estimate of drug-likeness (QED) is 0.133. The van der Waals surface area contributed by atoms with Gasteiger partial charge in [0.25, 0.3) is 5.91 Å². The van der Waals surface area contributed by atoms with E-state index in [4.69, 9.17) is 12.2 Å². The molecule has 226 valence electrons. The van der Waals surface area contributed by atoms with Crippen LogP contribution in [0.4, 0.5) is 5.69 Å². The molecular weight excluding hydrogens is 635 g/mol. The number of allylic oxidation sites excluding steroid dienone is 4. The minimum Gasteiger partial charge on any atom is -0.480 e. The first-order chi connectivity index (χ1) is 21.2. The van der Waals surface area contributed by atoms with Crippen LogP contribution in [0.25, 0.3) is 10.8 Å². The number of carboxylic acid groups (broad SMARTS) is 2. The van der Waals surface area contributed by atoms with Gasteiger partial charge in [-0.3, -0.25) is 19.3 Å². The number of nitrogens with zero attached hydrogens (tertiary/aromatic N) is 3. The lowest BCUT2D eigenvalue weighted by Crippen LogP contribution is -2.37. The zero-order chi connectivity index (χ0) is 31.4. The highest BCUT2D eigenvalue weighted by atomic mass is 32.2. The first-order valence-electron chi connectivity index (χ1n) is 13.6. The fraction of sp³-hybridized carbons (Fsp3) is 0.188. The number of amides is 1. The normalized spacial score (nSPS) is 17.0. The molecule has 5 rings (SSSR count). The summed E-state index contributed by atoms with van der Waals surface area (Å²) in [6, 6.07) is 20.0. The van der Waals surface area contributed by atoms with E-state index in [2.05, 4.69) is 6.07 Å². The number of thiocarbonyl (C=S) groups is 1. The topological polar surface area (TPSA) is 101 Å². The van der Waals surface area contributed by atoms with Crippen molar-refractivity contribution in [3.63, 3.8) is 0 Å². The Hall–Kier alpha value is -3.71. The van der Waals surface area contributed by atoms with Gasteiger partial charge in [-0.2, -0.15) is 0 Å². The maximum atomic E-state index is 13.3. The van der Waals surface area contributed by atoms with Crippen molar-refractivity contribution in [1.82, 2.24) is 9.80 Å². The summed E-state index contributed by atoms with van der Waals surface area (Å²) in [6.07, 6.45) is 7.42. The number of carbonyl (C=O) groups is 3. The smallest absolute Gasteiger partial charge is 0.323 e. The highest BCUT2D eigenvalue weighted by molar-refractivity contribution is 8.04. The van der Waals surface area contributed by atoms with Gasteiger partial charge in [-0.1, -0.05) is 60.3 Å². The molecule has 0 spiro atoms. The highest BCUT2D eigenvalue weighted by Gasteiger charge is 2.38. The molecule has 2 aliphatic rings. The highest BCUT2D eigenvalue weighted by Crippen LogP contribution is 2.51. The number of hydrogen-bond donors (Lipinski definition) is 2. The second-order valence-corrected chi connectivity index (χ2v) is 13.3. The van der Waals surface area contributed by atoms with Crippen molar-refractivity contribution >= 4 is 86.9 Å². The molecule has 0 saturated carbocycles. The SMILES string of the molecule is CSc1cc2c(c3ccccc13)N(CC(=O)O)/C(=C/C=C(C)/C=C1\C(=O)N(CC(=O)O)C(=S)N1CCSc1ccccc1)S2. The molecule has 8 nitrogen and oxygen atoms in total. The number of thioether (sulfide) groups is 3. The van der Waals surface area contributed by atoms with Crippen molar-refractivity contribution in [3.05, 3.63) is 95.2 Å². The molecule has 1 fully saturated rings. The van der Waals surface area contributed by atoms with Gasteiger partial charge in [0.15, 0.2) is 5.11 Å². The molecule has 44 heavy (non-hydrogen) atoms. The van der Waals surface area contributed by atoms with E-state index in [-0.39, 0.29) is 11.7 Å². The van der Waals surface area contributed by atoms with Crippen LogP contribution >= 0.6 is 47.5 Å². The number of carboxylic acids is 2. The van der Waals surface area contributed by atoms with Crippen LogP contribution in [0.3, 0.4) is 0 Å². The number of benzene rings is 3. The summed E-state index contributed by atoms with van der Waals surface area (Å²) in [6.45, 7) is 1.54. The Balaban J connectivity index is 1.45. The van der Waals surface area contributed by atoms with Crippen molar-refractivity contribution in [3.8, 4) is 0 Å². The van der Waals surface area contributed by atoms with Crippen molar-refractivity contribution in [1.29, 1.82) is 0 Å². The van der Waals surface area contributed by atoms with Crippen molar-refractivity contribution < 1.29 is 24.6 Å². The van der Waals surface area contributed by atoms with Crippen molar-refractivity contribution in [2.75, 3.05) is 36.5 Å². The Morgan fingerprint density at radius 3 is 2.30 bits per heavy atom. The predicted octanol–water partition coefficient (Wildman–Crippen LogP) is 6.54. The Morgan fingerprint density at radius 1 is 0.955 bits per heavy atom. The Kier molecular flexibility index (Phi) is 10.0. The van der Waals surface area contributed by atoms with Crippen LogP contribution in [-0.4, -0.2) is 74.6 Å². The molecule has 12 heteroatoms. The van der Waals surface area contributed by atoms with Crippen LogP contribution in [0.15, 0.2) is 110 Å². The van der Waals surface area contributed by atoms with E-state index in [9.17, 15) is 24.6 Å². The summed E-state index contributed by atoms with van der Waals surface area (Å²) in [5.41, 5.74) is 1.89. The van der Waals surface area contributed by atoms with Gasteiger partial charge in [-0.15, -0.1) is 23.5 Å². The summed E-state index contributed by atoms with van der Waals surface area (Å²) < 4.78 is 0. The molecule has 0 atom stereocenters. The van der Waals surface area contributed by atoms with Gasteiger partial charge in [0.2, 0.25) is 0 Å². The number of rotatable bonds is 11. The number of anilines is 1. The van der Waals surface area contributed by atoms with Gasteiger partial charge in [0.05, 0.1) is 10.7 Å². The number of hydrogen-bond acceptors (Lipinski definition) is 8. The third-order valence-electron chi connectivity index (χ3n) is 6.90. The lowest BCUT2D eigenvalue weighted by atomic mass is 10.1. The second-order valence-electron chi connectivity index (χ2n) is 9.88. The zero-order valence-electron chi connectivity index (χ0n) is 23.9. The van der Waals surface area contributed by atoms with Gasteiger partial charge < -0.3 is 20.0 Å². The van der Waals surface area contributed by atoms with Crippen LogP contribution in [0.2, 0.25) is 0 Å². The molecule has 3 aromatic carbocycles. The van der Waals surface area contributed by atoms with Crippen LogP contribution in [0.1, 0.15) is 6.92 Å². The Labute approximate surface area is 273 Å². The van der Waals surface area contributed by atoms with Gasteiger partial charge in [-0.05, 0) is 66.7 Å². The summed E-state index contributed by atoms with van der Waals surface area (Å²) >= 11 is 10.3. The molecule has 0 radical (unpaired) electrons. The third-order valence-corrected chi connectivity index (χ3v) is 10.2. The standard InChI is InChI=1S/C32H29N3O5S4/c1-20(16-24-31(40)35(19-29(38)39)32(41)33(24)14-15-43-21-8-4-3-5-9-21)12-13-27-34(18-28(36)37)30-23-11-7-6-10-22(23)25(42-2)17-26(30)44-27/h3-13,16-17H,14-15,18-19H2,1-2H3,(H,36,37)(H,38,39)/b20-12+,24-16+,27-13-. The lowest BCUT2D eigenvalue weighted by molar-refractivity contribution is -0.140. The van der Waals surface area contributed by atoms with E-state index < -0.39 is 24.4 Å². The Bertz CT molecular complexity index is 1740. The average molecular weight is 664 g/mol. The third kappa shape index (κ3) is 6.83. The van der Waals surface area contributed by atoms with Crippen molar-refractivity contribution in [2.45, 2.75) is 21.6 Å². The van der Waals surface area contributed by atoms with E-state index in [1.807, 2.05) is 84.8 Å². The van der Waals surface area contributed by atoms with E-state index in [1.54, 1.807) is 34.5 Å². The van der Waals surface area contributed by atoms with E-state index in [1.165, 1.54) is 11.8 Å². The Morgan fingerprint density at radius 2 is 1.61 bits per heavy atom. The van der Waals surface area contributed by atoms with E-state index >= 15 is 0 Å². The molecule has 3 aromatic rings. The monoisotopic (exact) mass is 663 g/mol. The molecule has 1 amide bonds. The van der Waals surface area contributed by atoms with Gasteiger partial charge >= 0.3 is 11.9 Å². The lowest BCUT2D eigenvalue weighted by Gasteiger charge is -2.20. The van der Waals surface area contributed by atoms with Gasteiger partial charge in [0.1, 0.15) is 18.8 Å². The summed E-state index contributed by atoms with van der Waals surface area (Å²) in [7, 11) is 0. The molecule has 0 unspecified atom stereocenters. The van der Waals surface area contributed by atoms with E-state index in [0.29, 0.717) is 18.0 Å². The van der Waals surface area contributed by atoms with Gasteiger partial charge in [-0.25, -0.2) is 0 Å². The van der Waals surface area contributed by atoms with Crippen LogP contribution < -0.4 is 4.90 Å². The maximum Gasteiger partial charge on any atom is 0.323 e. The first kappa shape index (κ1) is 31.7. The molecule has 0 aromatic heterocycles. The summed E-state index contributed by atoms with van der Waals surface area (Å²) in [4.78, 5) is 44.5. The fourth-order valence-corrected chi connectivity index (χ4v) is 8.00. The zero-order valence-corrected chi connectivity index (χ0v) is 27.2.